The van der Waals surface area contributed by atoms with Crippen molar-refractivity contribution in [1.29, 1.82) is 0 Å². The molecule has 8 heteroatoms. The number of aromatic nitrogens is 3. The van der Waals surface area contributed by atoms with Crippen LogP contribution in [-0.2, 0) is 11.3 Å². The molecule has 2 aromatic heterocycles. The van der Waals surface area contributed by atoms with E-state index >= 15 is 0 Å². The minimum Gasteiger partial charge on any atom is -0.361 e. The molecule has 3 aromatic rings. The number of carbonyl (C=O) groups is 1. The van der Waals surface area contributed by atoms with Crippen molar-refractivity contribution in [2.45, 2.75) is 25.4 Å². The maximum Gasteiger partial charge on any atom is 0.243 e. The van der Waals surface area contributed by atoms with Crippen LogP contribution >= 0.6 is 11.3 Å². The second-order valence-corrected chi connectivity index (χ2v) is 7.76. The summed E-state index contributed by atoms with van der Waals surface area (Å²) in [6, 6.07) is 9.77. The van der Waals surface area contributed by atoms with Crippen LogP contribution in [0.5, 0.6) is 0 Å². The molecule has 0 saturated carbocycles. The number of benzene rings is 1. The van der Waals surface area contributed by atoms with E-state index in [1.165, 1.54) is 11.3 Å². The summed E-state index contributed by atoms with van der Waals surface area (Å²) < 4.78 is 0. The van der Waals surface area contributed by atoms with Crippen molar-refractivity contribution in [2.24, 2.45) is 0 Å². The van der Waals surface area contributed by atoms with Gasteiger partial charge in [-0.2, -0.15) is 4.98 Å². The Morgan fingerprint density at radius 1 is 1.30 bits per heavy atom. The third-order valence-corrected chi connectivity index (χ3v) is 5.64. The molecule has 1 N–H and O–H groups in total. The number of anilines is 2. The molecule has 7 nitrogen and oxygen atoms in total. The Morgan fingerprint density at radius 3 is 2.89 bits per heavy atom. The van der Waals surface area contributed by atoms with Crippen LogP contribution < -0.4 is 15.1 Å². The maximum absolute atomic E-state index is 12.7. The quantitative estimate of drug-likeness (QED) is 0.731. The summed E-state index contributed by atoms with van der Waals surface area (Å²) in [7, 11) is 3.87. The molecule has 0 aliphatic carbocycles. The van der Waals surface area contributed by atoms with E-state index in [-0.39, 0.29) is 11.9 Å². The van der Waals surface area contributed by atoms with E-state index in [0.29, 0.717) is 12.2 Å². The van der Waals surface area contributed by atoms with Gasteiger partial charge in [0.1, 0.15) is 11.9 Å². The van der Waals surface area contributed by atoms with Crippen molar-refractivity contribution in [3.63, 3.8) is 0 Å². The van der Waals surface area contributed by atoms with E-state index in [0.717, 1.165) is 40.7 Å². The summed E-state index contributed by atoms with van der Waals surface area (Å²) in [6.07, 6.45) is 3.53. The molecule has 1 atom stereocenters. The van der Waals surface area contributed by atoms with Crippen LogP contribution in [0.1, 0.15) is 18.4 Å². The van der Waals surface area contributed by atoms with Gasteiger partial charge in [-0.15, -0.1) is 0 Å². The van der Waals surface area contributed by atoms with Gasteiger partial charge in [0.2, 0.25) is 5.91 Å². The third kappa shape index (κ3) is 3.71. The summed E-state index contributed by atoms with van der Waals surface area (Å²) in [5, 5.41) is 3.87. The molecule has 140 valence electrons. The lowest BCUT2D eigenvalue weighted by Gasteiger charge is -2.23. The monoisotopic (exact) mass is 382 g/mol. The normalized spacial score (nSPS) is 16.7. The minimum absolute atomic E-state index is 0.0468. The van der Waals surface area contributed by atoms with Crippen molar-refractivity contribution >= 4 is 38.7 Å². The smallest absolute Gasteiger partial charge is 0.243 e. The summed E-state index contributed by atoms with van der Waals surface area (Å²) in [5.41, 5.74) is 1.73. The molecule has 0 radical (unpaired) electrons. The van der Waals surface area contributed by atoms with Gasteiger partial charge in [0.15, 0.2) is 15.6 Å². The number of hydrogen-bond acceptors (Lipinski definition) is 7. The highest BCUT2D eigenvalue weighted by Gasteiger charge is 2.32. The van der Waals surface area contributed by atoms with Gasteiger partial charge in [-0.3, -0.25) is 4.79 Å². The minimum atomic E-state index is -0.192. The molecule has 0 spiro atoms. The number of thiazole rings is 1. The van der Waals surface area contributed by atoms with Crippen molar-refractivity contribution in [2.75, 3.05) is 30.4 Å². The second kappa shape index (κ2) is 7.48. The zero-order chi connectivity index (χ0) is 18.8. The Hall–Kier alpha value is -2.74. The Balaban J connectivity index is 1.50. The van der Waals surface area contributed by atoms with Crippen LogP contribution in [0, 0.1) is 0 Å². The molecule has 0 bridgehead atoms. The van der Waals surface area contributed by atoms with E-state index in [2.05, 4.69) is 25.2 Å². The second-order valence-electron chi connectivity index (χ2n) is 6.80. The Morgan fingerprint density at radius 2 is 2.11 bits per heavy atom. The van der Waals surface area contributed by atoms with Crippen LogP contribution in [0.2, 0.25) is 0 Å². The Labute approximate surface area is 162 Å². The Kier molecular flexibility index (Phi) is 4.89. The van der Waals surface area contributed by atoms with Gasteiger partial charge < -0.3 is 15.1 Å². The van der Waals surface area contributed by atoms with Gasteiger partial charge in [0, 0.05) is 27.2 Å². The van der Waals surface area contributed by atoms with Gasteiger partial charge in [-0.25, -0.2) is 9.97 Å². The van der Waals surface area contributed by atoms with Crippen molar-refractivity contribution in [3.05, 3.63) is 42.1 Å². The van der Waals surface area contributed by atoms with Crippen molar-refractivity contribution < 1.29 is 4.79 Å². The number of carbonyl (C=O) groups excluding carboxylic acids is 1. The summed E-state index contributed by atoms with van der Waals surface area (Å²) in [5.74, 6) is 0.849. The largest absolute Gasteiger partial charge is 0.361 e. The topological polar surface area (TPSA) is 74.2 Å². The average Bonchev–Trinajstić information content (AvgIpc) is 3.32. The first kappa shape index (κ1) is 17.7. The molecule has 1 fully saturated rings. The van der Waals surface area contributed by atoms with Crippen molar-refractivity contribution in [3.8, 4) is 0 Å². The summed E-state index contributed by atoms with van der Waals surface area (Å²) in [6.45, 7) is 1.36. The number of fused-ring (bicyclic) bond motifs is 1. The number of hydrogen-bond donors (Lipinski definition) is 1. The summed E-state index contributed by atoms with van der Waals surface area (Å²) in [4.78, 5) is 31.2. The fourth-order valence-corrected chi connectivity index (χ4v) is 4.18. The lowest BCUT2D eigenvalue weighted by molar-refractivity contribution is -0.122. The van der Waals surface area contributed by atoms with E-state index in [1.807, 2.05) is 49.3 Å². The molecular weight excluding hydrogens is 360 g/mol. The fraction of sp³-hybridized carbons (Fsp3) is 0.368. The van der Waals surface area contributed by atoms with E-state index in [1.54, 1.807) is 6.20 Å². The first-order chi connectivity index (χ1) is 13.1. The number of nitrogens with one attached hydrogen (secondary N) is 1. The maximum atomic E-state index is 12.7. The predicted molar refractivity (Wildman–Crippen MR) is 108 cm³/mol. The first-order valence-corrected chi connectivity index (χ1v) is 9.82. The van der Waals surface area contributed by atoms with Gasteiger partial charge in [-0.05, 0) is 18.4 Å². The zero-order valence-corrected chi connectivity index (χ0v) is 16.2. The number of nitrogens with zero attached hydrogens (tertiary/aromatic N) is 5. The SMILES string of the molecule is CN(C)c1cnc2nc(N3CCC[C@@H]3C(=O)NCc3ccccc3)sc2n1. The number of amides is 1. The molecule has 1 aromatic carbocycles. The van der Waals surface area contributed by atoms with E-state index in [4.69, 9.17) is 0 Å². The molecule has 1 aliphatic heterocycles. The van der Waals surface area contributed by atoms with Crippen LogP contribution in [0.15, 0.2) is 36.5 Å². The molecule has 0 unspecified atom stereocenters. The standard InChI is InChI=1S/C19H22N6OS/c1-24(2)15-12-20-16-18(22-15)27-19(23-16)25-10-6-9-14(25)17(26)21-11-13-7-4-3-5-8-13/h3-5,7-8,12,14H,6,9-11H2,1-2H3,(H,21,26)/t14-/m1/s1. The molecule has 1 saturated heterocycles. The molecule has 3 heterocycles. The molecule has 1 amide bonds. The van der Waals surface area contributed by atoms with E-state index in [9.17, 15) is 4.79 Å². The van der Waals surface area contributed by atoms with Gasteiger partial charge in [0.05, 0.1) is 6.20 Å². The van der Waals surface area contributed by atoms with Crippen LogP contribution in [0.25, 0.3) is 10.5 Å². The molecule has 4 rings (SSSR count). The highest BCUT2D eigenvalue weighted by Crippen LogP contribution is 2.32. The molecule has 1 aliphatic rings. The van der Waals surface area contributed by atoms with Gasteiger partial charge in [0.25, 0.3) is 0 Å². The van der Waals surface area contributed by atoms with Crippen LogP contribution in [0.4, 0.5) is 10.9 Å². The predicted octanol–water partition coefficient (Wildman–Crippen LogP) is 2.44. The van der Waals surface area contributed by atoms with Crippen LogP contribution in [-0.4, -0.2) is 47.5 Å². The van der Waals surface area contributed by atoms with Gasteiger partial charge in [-0.1, -0.05) is 41.7 Å². The zero-order valence-electron chi connectivity index (χ0n) is 15.4. The average molecular weight is 382 g/mol. The van der Waals surface area contributed by atoms with Crippen molar-refractivity contribution in [1.82, 2.24) is 20.3 Å². The lowest BCUT2D eigenvalue weighted by atomic mass is 10.2. The highest BCUT2D eigenvalue weighted by molar-refractivity contribution is 7.21. The Bertz CT molecular complexity index is 942. The number of rotatable bonds is 5. The third-order valence-electron chi connectivity index (χ3n) is 4.67. The molecular formula is C19H22N6OS. The summed E-state index contributed by atoms with van der Waals surface area (Å²) >= 11 is 1.50. The van der Waals surface area contributed by atoms with E-state index < -0.39 is 0 Å². The highest BCUT2D eigenvalue weighted by atomic mass is 32.1. The van der Waals surface area contributed by atoms with Gasteiger partial charge >= 0.3 is 0 Å². The lowest BCUT2D eigenvalue weighted by Crippen LogP contribution is -2.43. The van der Waals surface area contributed by atoms with Crippen LogP contribution in [0.3, 0.4) is 0 Å². The first-order valence-electron chi connectivity index (χ1n) is 9.01. The molecule has 27 heavy (non-hydrogen) atoms. The fourth-order valence-electron chi connectivity index (χ4n) is 3.21.